The number of rotatable bonds is 8. The first kappa shape index (κ1) is 24.5. The minimum atomic E-state index is -4.91. The van der Waals surface area contributed by atoms with Crippen LogP contribution < -0.4 is 4.74 Å². The Morgan fingerprint density at radius 1 is 1.00 bits per heavy atom. The SMILES string of the molecule is C[C@@H](c1ccccc1OCc1cc(C(F)(F)F)cc(C(F)(F)F)c1)N(C)CCc1nn[nH]n1. The number of alkyl halides is 6. The molecule has 1 N–H and O–H groups in total. The number of H-pyrrole nitrogens is 1. The number of ether oxygens (including phenoxy) is 1. The van der Waals surface area contributed by atoms with E-state index >= 15 is 0 Å². The molecule has 6 nitrogen and oxygen atoms in total. The van der Waals surface area contributed by atoms with Gasteiger partial charge in [-0.25, -0.2) is 0 Å². The van der Waals surface area contributed by atoms with Crippen LogP contribution in [-0.2, 0) is 25.4 Å². The third-order valence-corrected chi connectivity index (χ3v) is 5.15. The highest BCUT2D eigenvalue weighted by atomic mass is 19.4. The summed E-state index contributed by atoms with van der Waals surface area (Å²) in [6.45, 7) is 2.03. The predicted octanol–water partition coefficient (Wildman–Crippen LogP) is 5.05. The summed E-state index contributed by atoms with van der Waals surface area (Å²) in [6.07, 6.45) is -9.29. The van der Waals surface area contributed by atoms with Crippen LogP contribution >= 0.6 is 0 Å². The van der Waals surface area contributed by atoms with Crippen molar-refractivity contribution < 1.29 is 31.1 Å². The lowest BCUT2D eigenvalue weighted by Gasteiger charge is -2.26. The van der Waals surface area contributed by atoms with Crippen LogP contribution in [0.1, 0.15) is 41.0 Å². The van der Waals surface area contributed by atoms with Crippen molar-refractivity contribution in [2.24, 2.45) is 0 Å². The second-order valence-electron chi connectivity index (χ2n) is 7.48. The molecule has 178 valence electrons. The molecule has 0 unspecified atom stereocenters. The van der Waals surface area contributed by atoms with E-state index in [1.165, 1.54) is 0 Å². The number of benzene rings is 2. The number of halogens is 6. The zero-order valence-electron chi connectivity index (χ0n) is 17.7. The van der Waals surface area contributed by atoms with Crippen molar-refractivity contribution >= 4 is 0 Å². The van der Waals surface area contributed by atoms with E-state index in [1.807, 2.05) is 18.9 Å². The number of para-hydroxylation sites is 1. The van der Waals surface area contributed by atoms with Crippen LogP contribution in [0.4, 0.5) is 26.3 Å². The summed E-state index contributed by atoms with van der Waals surface area (Å²) >= 11 is 0. The largest absolute Gasteiger partial charge is 0.489 e. The number of aromatic amines is 1. The van der Waals surface area contributed by atoms with Gasteiger partial charge in [0.25, 0.3) is 0 Å². The first-order valence-electron chi connectivity index (χ1n) is 9.88. The van der Waals surface area contributed by atoms with Crippen molar-refractivity contribution in [1.82, 2.24) is 25.5 Å². The Bertz CT molecular complexity index is 1020. The first-order chi connectivity index (χ1) is 15.4. The third-order valence-electron chi connectivity index (χ3n) is 5.15. The maximum Gasteiger partial charge on any atom is 0.416 e. The number of aromatic nitrogens is 4. The van der Waals surface area contributed by atoms with Gasteiger partial charge in [-0.1, -0.05) is 23.4 Å². The van der Waals surface area contributed by atoms with Crippen molar-refractivity contribution in [2.75, 3.05) is 13.6 Å². The molecule has 0 saturated heterocycles. The van der Waals surface area contributed by atoms with Crippen LogP contribution in [0.2, 0.25) is 0 Å². The van der Waals surface area contributed by atoms with Crippen LogP contribution in [0.15, 0.2) is 42.5 Å². The van der Waals surface area contributed by atoms with E-state index in [0.29, 0.717) is 36.7 Å². The van der Waals surface area contributed by atoms with E-state index < -0.39 is 30.1 Å². The fraction of sp³-hybridized carbons (Fsp3) is 0.381. The maximum atomic E-state index is 13.1. The maximum absolute atomic E-state index is 13.1. The normalized spacial score (nSPS) is 13.4. The summed E-state index contributed by atoms with van der Waals surface area (Å²) in [6, 6.07) is 8.13. The number of hydrogen-bond donors (Lipinski definition) is 1. The number of nitrogens with one attached hydrogen (secondary N) is 1. The molecular weight excluding hydrogens is 452 g/mol. The Morgan fingerprint density at radius 3 is 2.21 bits per heavy atom. The summed E-state index contributed by atoms with van der Waals surface area (Å²) in [5, 5.41) is 13.7. The summed E-state index contributed by atoms with van der Waals surface area (Å²) in [5.74, 6) is 0.908. The van der Waals surface area contributed by atoms with Gasteiger partial charge < -0.3 is 4.74 Å². The fourth-order valence-electron chi connectivity index (χ4n) is 3.22. The van der Waals surface area contributed by atoms with E-state index in [4.69, 9.17) is 4.74 Å². The molecule has 0 aliphatic heterocycles. The Labute approximate surface area is 185 Å². The number of likely N-dealkylation sites (N-methyl/N-ethyl adjacent to an activating group) is 1. The van der Waals surface area contributed by atoms with Crippen LogP contribution in [0, 0.1) is 0 Å². The molecule has 0 aliphatic carbocycles. The molecule has 3 aromatic rings. The predicted molar refractivity (Wildman–Crippen MR) is 106 cm³/mol. The van der Waals surface area contributed by atoms with E-state index in [2.05, 4.69) is 20.6 Å². The van der Waals surface area contributed by atoms with Crippen molar-refractivity contribution in [3.05, 3.63) is 70.5 Å². The molecule has 33 heavy (non-hydrogen) atoms. The molecule has 0 saturated carbocycles. The van der Waals surface area contributed by atoms with Gasteiger partial charge in [-0.15, -0.1) is 10.2 Å². The van der Waals surface area contributed by atoms with Gasteiger partial charge in [-0.2, -0.15) is 31.6 Å². The van der Waals surface area contributed by atoms with Gasteiger partial charge >= 0.3 is 12.4 Å². The molecule has 0 bridgehead atoms. The molecule has 3 rings (SSSR count). The summed E-state index contributed by atoms with van der Waals surface area (Å²) < 4.78 is 84.3. The van der Waals surface area contributed by atoms with Gasteiger partial charge in [0.1, 0.15) is 12.4 Å². The second-order valence-corrected chi connectivity index (χ2v) is 7.48. The summed E-state index contributed by atoms with van der Waals surface area (Å²) in [4.78, 5) is 1.99. The van der Waals surface area contributed by atoms with Crippen molar-refractivity contribution in [3.63, 3.8) is 0 Å². The number of nitrogens with zero attached hydrogens (tertiary/aromatic N) is 4. The lowest BCUT2D eigenvalue weighted by Crippen LogP contribution is -2.25. The molecule has 1 heterocycles. The number of tetrazole rings is 1. The average Bonchev–Trinajstić information content (AvgIpc) is 3.28. The summed E-state index contributed by atoms with van der Waals surface area (Å²) in [5.41, 5.74) is -2.25. The molecule has 0 amide bonds. The van der Waals surface area contributed by atoms with Crippen LogP contribution in [0.5, 0.6) is 5.75 Å². The van der Waals surface area contributed by atoms with Crippen LogP contribution in [0.3, 0.4) is 0 Å². The van der Waals surface area contributed by atoms with Gasteiger partial charge in [-0.3, -0.25) is 4.90 Å². The highest BCUT2D eigenvalue weighted by Gasteiger charge is 2.37. The first-order valence-corrected chi connectivity index (χ1v) is 9.88. The van der Waals surface area contributed by atoms with E-state index in [0.717, 1.165) is 5.56 Å². The minimum absolute atomic E-state index is 0.0954. The van der Waals surface area contributed by atoms with Gasteiger partial charge in [-0.05, 0) is 43.8 Å². The smallest absolute Gasteiger partial charge is 0.416 e. The Hall–Kier alpha value is -3.15. The fourth-order valence-corrected chi connectivity index (χ4v) is 3.22. The van der Waals surface area contributed by atoms with E-state index in [9.17, 15) is 26.3 Å². The van der Waals surface area contributed by atoms with Gasteiger partial charge in [0, 0.05) is 24.6 Å². The number of hydrogen-bond acceptors (Lipinski definition) is 5. The molecular formula is C21H21F6N5O. The molecule has 2 aromatic carbocycles. The van der Waals surface area contributed by atoms with Gasteiger partial charge in [0.15, 0.2) is 5.82 Å². The average molecular weight is 473 g/mol. The molecule has 12 heteroatoms. The van der Waals surface area contributed by atoms with Crippen LogP contribution in [-0.4, -0.2) is 39.1 Å². The van der Waals surface area contributed by atoms with Crippen molar-refractivity contribution in [3.8, 4) is 5.75 Å². The summed E-state index contributed by atoms with van der Waals surface area (Å²) in [7, 11) is 1.87. The highest BCUT2D eigenvalue weighted by molar-refractivity contribution is 5.37. The zero-order valence-corrected chi connectivity index (χ0v) is 17.7. The monoisotopic (exact) mass is 473 g/mol. The highest BCUT2D eigenvalue weighted by Crippen LogP contribution is 2.37. The van der Waals surface area contributed by atoms with Crippen molar-refractivity contribution in [2.45, 2.75) is 38.3 Å². The Balaban J connectivity index is 1.77. The molecule has 0 fully saturated rings. The second kappa shape index (κ2) is 9.77. The standard InChI is InChI=1S/C21H21F6N5O/c1-13(32(2)8-7-19-28-30-31-29-19)17-5-3-4-6-18(17)33-12-14-9-15(20(22,23)24)11-16(10-14)21(25,26)27/h3-6,9-11,13H,7-8,12H2,1-2H3,(H,28,29,30,31)/t13-/m0/s1. The molecule has 1 atom stereocenters. The lowest BCUT2D eigenvalue weighted by atomic mass is 10.0. The molecule has 0 radical (unpaired) electrons. The minimum Gasteiger partial charge on any atom is -0.489 e. The topological polar surface area (TPSA) is 66.9 Å². The van der Waals surface area contributed by atoms with E-state index in [1.54, 1.807) is 24.3 Å². The van der Waals surface area contributed by atoms with E-state index in [-0.39, 0.29) is 17.7 Å². The lowest BCUT2D eigenvalue weighted by molar-refractivity contribution is -0.143. The molecule has 1 aromatic heterocycles. The Morgan fingerprint density at radius 2 is 1.64 bits per heavy atom. The molecule has 0 aliphatic rings. The van der Waals surface area contributed by atoms with Gasteiger partial charge in [0.05, 0.1) is 11.1 Å². The third kappa shape index (κ3) is 6.44. The zero-order chi connectivity index (χ0) is 24.2. The molecule has 0 spiro atoms. The quantitative estimate of drug-likeness (QED) is 0.464. The van der Waals surface area contributed by atoms with Gasteiger partial charge in [0.2, 0.25) is 0 Å². The van der Waals surface area contributed by atoms with Crippen molar-refractivity contribution in [1.29, 1.82) is 0 Å². The van der Waals surface area contributed by atoms with Crippen LogP contribution in [0.25, 0.3) is 0 Å². The Kier molecular flexibility index (Phi) is 7.25.